The van der Waals surface area contributed by atoms with Crippen LogP contribution in [-0.4, -0.2) is 18.6 Å². The first-order chi connectivity index (χ1) is 10.2. The van der Waals surface area contributed by atoms with Gasteiger partial charge in [-0.2, -0.15) is 0 Å². The van der Waals surface area contributed by atoms with Crippen molar-refractivity contribution in [3.05, 3.63) is 23.8 Å². The van der Waals surface area contributed by atoms with Gasteiger partial charge in [-0.1, -0.05) is 19.3 Å². The van der Waals surface area contributed by atoms with Gasteiger partial charge in [0.15, 0.2) is 11.5 Å². The molecule has 21 heavy (non-hydrogen) atoms. The molecule has 0 unspecified atom stereocenters. The number of hydrogen-bond donors (Lipinski definition) is 2. The van der Waals surface area contributed by atoms with Crippen LogP contribution in [0.2, 0.25) is 0 Å². The van der Waals surface area contributed by atoms with Gasteiger partial charge in [-0.25, -0.2) is 0 Å². The second-order valence-corrected chi connectivity index (χ2v) is 5.35. The normalized spacial score (nSPS) is 17.3. The summed E-state index contributed by atoms with van der Waals surface area (Å²) in [4.78, 5) is 24.0. The molecule has 1 aliphatic heterocycles. The van der Waals surface area contributed by atoms with E-state index in [9.17, 15) is 9.59 Å². The average molecular weight is 290 g/mol. The number of amides is 2. The molecule has 0 atom stereocenters. The van der Waals surface area contributed by atoms with E-state index >= 15 is 0 Å². The van der Waals surface area contributed by atoms with Crippen LogP contribution >= 0.6 is 0 Å². The molecule has 1 heterocycles. The highest BCUT2D eigenvalue weighted by atomic mass is 16.7. The van der Waals surface area contributed by atoms with Gasteiger partial charge in [0.25, 0.3) is 5.91 Å². The molecule has 6 heteroatoms. The van der Waals surface area contributed by atoms with Crippen LogP contribution in [0.3, 0.4) is 0 Å². The van der Waals surface area contributed by atoms with Gasteiger partial charge in [0, 0.05) is 11.5 Å². The highest BCUT2D eigenvalue weighted by molar-refractivity contribution is 5.96. The van der Waals surface area contributed by atoms with Crippen molar-refractivity contribution in [3.63, 3.8) is 0 Å². The maximum atomic E-state index is 12.0. The molecule has 0 radical (unpaired) electrons. The molecule has 1 aromatic carbocycles. The summed E-state index contributed by atoms with van der Waals surface area (Å²) < 4.78 is 10.4. The Kier molecular flexibility index (Phi) is 3.94. The predicted octanol–water partition coefficient (Wildman–Crippen LogP) is 1.76. The fraction of sp³-hybridized carbons (Fsp3) is 0.467. The van der Waals surface area contributed by atoms with Gasteiger partial charge in [0.1, 0.15) is 0 Å². The Morgan fingerprint density at radius 3 is 2.57 bits per heavy atom. The smallest absolute Gasteiger partial charge is 0.269 e. The molecule has 0 spiro atoms. The predicted molar refractivity (Wildman–Crippen MR) is 74.7 cm³/mol. The molecule has 1 fully saturated rings. The highest BCUT2D eigenvalue weighted by Crippen LogP contribution is 2.32. The molecule has 0 aromatic heterocycles. The number of rotatable bonds is 2. The van der Waals surface area contributed by atoms with Gasteiger partial charge in [-0.3, -0.25) is 20.4 Å². The molecule has 1 aromatic rings. The summed E-state index contributed by atoms with van der Waals surface area (Å²) in [5.41, 5.74) is 5.38. The van der Waals surface area contributed by atoms with E-state index in [-0.39, 0.29) is 24.5 Å². The third-order valence-corrected chi connectivity index (χ3v) is 3.91. The third kappa shape index (κ3) is 3.09. The minimum Gasteiger partial charge on any atom is -0.454 e. The molecule has 2 amide bonds. The zero-order valence-corrected chi connectivity index (χ0v) is 11.7. The van der Waals surface area contributed by atoms with Gasteiger partial charge in [0.05, 0.1) is 0 Å². The minimum absolute atomic E-state index is 0.0100. The lowest BCUT2D eigenvalue weighted by atomic mass is 9.89. The van der Waals surface area contributed by atoms with Crippen molar-refractivity contribution in [2.45, 2.75) is 32.1 Å². The van der Waals surface area contributed by atoms with Crippen molar-refractivity contribution in [1.29, 1.82) is 0 Å². The Morgan fingerprint density at radius 1 is 1.00 bits per heavy atom. The van der Waals surface area contributed by atoms with Crippen LogP contribution in [-0.2, 0) is 4.79 Å². The lowest BCUT2D eigenvalue weighted by molar-refractivity contribution is -0.126. The molecule has 0 saturated heterocycles. The maximum absolute atomic E-state index is 12.0. The Labute approximate surface area is 122 Å². The van der Waals surface area contributed by atoms with Crippen molar-refractivity contribution in [3.8, 4) is 11.5 Å². The van der Waals surface area contributed by atoms with Crippen molar-refractivity contribution < 1.29 is 19.1 Å². The van der Waals surface area contributed by atoms with Crippen LogP contribution in [0.25, 0.3) is 0 Å². The first-order valence-electron chi connectivity index (χ1n) is 7.24. The number of benzene rings is 1. The van der Waals surface area contributed by atoms with E-state index in [1.54, 1.807) is 18.2 Å². The first-order valence-corrected chi connectivity index (χ1v) is 7.24. The lowest BCUT2D eigenvalue weighted by Gasteiger charge is -2.20. The molecule has 2 N–H and O–H groups in total. The largest absolute Gasteiger partial charge is 0.454 e. The van der Waals surface area contributed by atoms with Gasteiger partial charge in [-0.15, -0.1) is 0 Å². The second kappa shape index (κ2) is 6.03. The van der Waals surface area contributed by atoms with Crippen LogP contribution in [0.4, 0.5) is 0 Å². The number of hydrazine groups is 1. The lowest BCUT2D eigenvalue weighted by Crippen LogP contribution is -2.44. The number of carbonyl (C=O) groups is 2. The van der Waals surface area contributed by atoms with Crippen LogP contribution in [0.1, 0.15) is 42.5 Å². The SMILES string of the molecule is O=C(NNC(=O)C1CCCCC1)c1ccc2c(c1)OCO2. The van der Waals surface area contributed by atoms with Crippen molar-refractivity contribution >= 4 is 11.8 Å². The summed E-state index contributed by atoms with van der Waals surface area (Å²) in [7, 11) is 0. The van der Waals surface area contributed by atoms with Gasteiger partial charge >= 0.3 is 0 Å². The Morgan fingerprint density at radius 2 is 1.76 bits per heavy atom. The zero-order chi connectivity index (χ0) is 14.7. The van der Waals surface area contributed by atoms with Crippen LogP contribution in [0.5, 0.6) is 11.5 Å². The van der Waals surface area contributed by atoms with Crippen molar-refractivity contribution in [1.82, 2.24) is 10.9 Å². The quantitative estimate of drug-likeness (QED) is 0.814. The monoisotopic (exact) mass is 290 g/mol. The molecule has 1 saturated carbocycles. The van der Waals surface area contributed by atoms with Gasteiger partial charge in [-0.05, 0) is 31.0 Å². The molecule has 1 aliphatic carbocycles. The molecular formula is C15H18N2O4. The first kappa shape index (κ1) is 13.7. The van der Waals surface area contributed by atoms with E-state index < -0.39 is 0 Å². The third-order valence-electron chi connectivity index (χ3n) is 3.91. The molecule has 0 bridgehead atoms. The summed E-state index contributed by atoms with van der Waals surface area (Å²) in [6.07, 6.45) is 5.13. The number of ether oxygens (including phenoxy) is 2. The van der Waals surface area contributed by atoms with E-state index in [0.717, 1.165) is 25.7 Å². The summed E-state index contributed by atoms with van der Waals surface area (Å²) in [5, 5.41) is 0. The fourth-order valence-electron chi connectivity index (χ4n) is 2.70. The average Bonchev–Trinajstić information content (AvgIpc) is 3.00. The van der Waals surface area contributed by atoms with Crippen molar-refractivity contribution in [2.75, 3.05) is 6.79 Å². The minimum atomic E-state index is -0.363. The Bertz CT molecular complexity index is 553. The van der Waals surface area contributed by atoms with Crippen LogP contribution in [0.15, 0.2) is 18.2 Å². The van der Waals surface area contributed by atoms with E-state index in [4.69, 9.17) is 9.47 Å². The van der Waals surface area contributed by atoms with Crippen LogP contribution < -0.4 is 20.3 Å². The summed E-state index contributed by atoms with van der Waals surface area (Å²) >= 11 is 0. The summed E-state index contributed by atoms with van der Waals surface area (Å²) in [6.45, 7) is 0.165. The standard InChI is InChI=1S/C15H18N2O4/c18-14(10-4-2-1-3-5-10)16-17-15(19)11-6-7-12-13(8-11)21-9-20-12/h6-8,10H,1-5,9H2,(H,16,18)(H,17,19). The van der Waals surface area contributed by atoms with Crippen LogP contribution in [0, 0.1) is 5.92 Å². The maximum Gasteiger partial charge on any atom is 0.269 e. The van der Waals surface area contributed by atoms with E-state index in [2.05, 4.69) is 10.9 Å². The summed E-state index contributed by atoms with van der Waals surface area (Å²) in [6, 6.07) is 4.92. The van der Waals surface area contributed by atoms with Gasteiger partial charge in [0.2, 0.25) is 12.7 Å². The number of nitrogens with one attached hydrogen (secondary N) is 2. The van der Waals surface area contributed by atoms with E-state index in [0.29, 0.717) is 17.1 Å². The molecular weight excluding hydrogens is 272 g/mol. The number of hydrogen-bond acceptors (Lipinski definition) is 4. The number of fused-ring (bicyclic) bond motifs is 1. The van der Waals surface area contributed by atoms with E-state index in [1.807, 2.05) is 0 Å². The number of carbonyl (C=O) groups excluding carboxylic acids is 2. The Hall–Kier alpha value is -2.24. The topological polar surface area (TPSA) is 76.7 Å². The second-order valence-electron chi connectivity index (χ2n) is 5.35. The molecule has 3 rings (SSSR count). The van der Waals surface area contributed by atoms with E-state index in [1.165, 1.54) is 6.42 Å². The molecule has 112 valence electrons. The fourth-order valence-corrected chi connectivity index (χ4v) is 2.70. The Balaban J connectivity index is 1.55. The zero-order valence-electron chi connectivity index (χ0n) is 11.7. The summed E-state index contributed by atoms with van der Waals surface area (Å²) in [5.74, 6) is 0.705. The highest BCUT2D eigenvalue weighted by Gasteiger charge is 2.22. The van der Waals surface area contributed by atoms with Gasteiger partial charge < -0.3 is 9.47 Å². The molecule has 2 aliphatic rings. The van der Waals surface area contributed by atoms with Crippen molar-refractivity contribution in [2.24, 2.45) is 5.92 Å². The molecule has 6 nitrogen and oxygen atoms in total.